The van der Waals surface area contributed by atoms with Crippen molar-refractivity contribution in [3.05, 3.63) is 82.5 Å². The van der Waals surface area contributed by atoms with Gasteiger partial charge in [-0.15, -0.1) is 0 Å². The number of hydrogen-bond acceptors (Lipinski definition) is 5. The van der Waals surface area contributed by atoms with E-state index in [0.717, 1.165) is 16.7 Å². The van der Waals surface area contributed by atoms with Crippen LogP contribution in [-0.4, -0.2) is 25.4 Å². The lowest BCUT2D eigenvalue weighted by molar-refractivity contribution is -0.137. The maximum absolute atomic E-state index is 13.1. The summed E-state index contributed by atoms with van der Waals surface area (Å²) in [4.78, 5) is 37.8. The number of para-hydroxylation sites is 1. The topological polar surface area (TPSA) is 89.8 Å². The van der Waals surface area contributed by atoms with Crippen molar-refractivity contribution in [2.24, 2.45) is 7.05 Å². The molecular formula is C21H14F3N5O2. The molecule has 0 radical (unpaired) electrons. The third kappa shape index (κ3) is 3.87. The molecule has 2 aromatic carbocycles. The lowest BCUT2D eigenvalue weighted by Crippen LogP contribution is -2.22. The fourth-order valence-corrected chi connectivity index (χ4v) is 3.12. The Morgan fingerprint density at radius 3 is 2.58 bits per heavy atom. The zero-order valence-corrected chi connectivity index (χ0v) is 16.0. The number of hydrogen-bond donors (Lipinski definition) is 1. The van der Waals surface area contributed by atoms with Crippen LogP contribution in [0.15, 0.2) is 65.8 Å². The van der Waals surface area contributed by atoms with Gasteiger partial charge in [-0.25, -0.2) is 15.0 Å². The molecule has 0 fully saturated rings. The van der Waals surface area contributed by atoms with Crippen LogP contribution < -0.4 is 10.9 Å². The number of aromatic nitrogens is 4. The average molecular weight is 425 g/mol. The quantitative estimate of drug-likeness (QED) is 0.541. The molecule has 0 atom stereocenters. The Hall–Kier alpha value is -4.08. The van der Waals surface area contributed by atoms with Crippen molar-refractivity contribution in [2.75, 3.05) is 5.32 Å². The molecule has 2 heterocycles. The monoisotopic (exact) mass is 425 g/mol. The van der Waals surface area contributed by atoms with Gasteiger partial charge in [0.1, 0.15) is 18.0 Å². The van der Waals surface area contributed by atoms with Crippen LogP contribution in [0.25, 0.3) is 22.3 Å². The minimum absolute atomic E-state index is 0.00545. The van der Waals surface area contributed by atoms with E-state index in [1.54, 1.807) is 0 Å². The fraction of sp³-hybridized carbons (Fsp3) is 0.0952. The van der Waals surface area contributed by atoms with E-state index < -0.39 is 23.2 Å². The molecule has 4 aromatic rings. The predicted octanol–water partition coefficient (Wildman–Crippen LogP) is 3.66. The van der Waals surface area contributed by atoms with E-state index in [2.05, 4.69) is 20.3 Å². The van der Waals surface area contributed by atoms with Gasteiger partial charge in [0.25, 0.3) is 11.5 Å². The number of carbonyl (C=O) groups excluding carboxylic acids is 1. The Morgan fingerprint density at radius 1 is 1.10 bits per heavy atom. The molecule has 4 rings (SSSR count). The molecule has 0 saturated carbocycles. The largest absolute Gasteiger partial charge is 0.416 e. The molecule has 0 saturated heterocycles. The number of amides is 1. The minimum atomic E-state index is -4.55. The second kappa shape index (κ2) is 7.63. The van der Waals surface area contributed by atoms with Crippen LogP contribution in [-0.2, 0) is 13.2 Å². The van der Waals surface area contributed by atoms with Crippen LogP contribution in [0, 0.1) is 0 Å². The Kier molecular flexibility index (Phi) is 4.97. The summed E-state index contributed by atoms with van der Waals surface area (Å²) < 4.78 is 40.6. The van der Waals surface area contributed by atoms with Crippen LogP contribution in [0.5, 0.6) is 0 Å². The van der Waals surface area contributed by atoms with E-state index in [-0.39, 0.29) is 33.7 Å². The maximum atomic E-state index is 13.1. The summed E-state index contributed by atoms with van der Waals surface area (Å²) in [5.41, 5.74) is -1.10. The van der Waals surface area contributed by atoms with Crippen LogP contribution in [0.4, 0.5) is 19.0 Å². The number of halogens is 3. The molecule has 0 aliphatic carbocycles. The molecule has 0 bridgehead atoms. The Balaban J connectivity index is 1.88. The first-order chi connectivity index (χ1) is 14.8. The molecule has 0 spiro atoms. The van der Waals surface area contributed by atoms with Gasteiger partial charge in [-0.3, -0.25) is 14.2 Å². The van der Waals surface area contributed by atoms with E-state index >= 15 is 0 Å². The number of fused-ring (bicyclic) bond motifs is 1. The Labute approximate surface area is 173 Å². The normalized spacial score (nSPS) is 11.5. The van der Waals surface area contributed by atoms with Gasteiger partial charge in [-0.05, 0) is 30.3 Å². The number of nitrogens with zero attached hydrogens (tertiary/aromatic N) is 4. The summed E-state index contributed by atoms with van der Waals surface area (Å²) in [5, 5.41) is 2.75. The molecule has 31 heavy (non-hydrogen) atoms. The van der Waals surface area contributed by atoms with E-state index in [1.165, 1.54) is 56.0 Å². The number of alkyl halides is 3. The van der Waals surface area contributed by atoms with Crippen LogP contribution in [0.1, 0.15) is 15.9 Å². The van der Waals surface area contributed by atoms with E-state index in [1.807, 2.05) is 0 Å². The van der Waals surface area contributed by atoms with Gasteiger partial charge in [-0.1, -0.05) is 18.2 Å². The SMILES string of the molecule is Cn1c(-c2cccc(C(F)(F)F)c2)nc2c(C(=O)Nc3ccncn3)cccc2c1=O. The molecule has 7 nitrogen and oxygen atoms in total. The van der Waals surface area contributed by atoms with Crippen molar-refractivity contribution in [2.45, 2.75) is 6.18 Å². The number of carbonyl (C=O) groups is 1. The zero-order chi connectivity index (χ0) is 22.2. The molecule has 0 aliphatic rings. The standard InChI is InChI=1S/C21H14F3N5O2/c1-29-18(12-4-2-5-13(10-12)21(22,23)24)28-17-14(6-3-7-15(17)20(29)31)19(30)27-16-8-9-25-11-26-16/h2-11H,1H3,(H,25,26,27,30). The fourth-order valence-electron chi connectivity index (χ4n) is 3.12. The van der Waals surface area contributed by atoms with Crippen molar-refractivity contribution in [3.63, 3.8) is 0 Å². The van der Waals surface area contributed by atoms with Crippen LogP contribution >= 0.6 is 0 Å². The number of rotatable bonds is 3. The van der Waals surface area contributed by atoms with E-state index in [9.17, 15) is 22.8 Å². The van der Waals surface area contributed by atoms with Crippen molar-refractivity contribution >= 4 is 22.6 Å². The van der Waals surface area contributed by atoms with Gasteiger partial charge in [-0.2, -0.15) is 13.2 Å². The van der Waals surface area contributed by atoms with Gasteiger partial charge in [0.2, 0.25) is 0 Å². The van der Waals surface area contributed by atoms with Gasteiger partial charge < -0.3 is 5.32 Å². The summed E-state index contributed by atoms with van der Waals surface area (Å²) >= 11 is 0. The summed E-state index contributed by atoms with van der Waals surface area (Å²) in [6.45, 7) is 0. The molecule has 2 aromatic heterocycles. The molecule has 1 N–H and O–H groups in total. The molecule has 1 amide bonds. The zero-order valence-electron chi connectivity index (χ0n) is 16.0. The number of nitrogens with one attached hydrogen (secondary N) is 1. The van der Waals surface area contributed by atoms with Crippen molar-refractivity contribution in [1.82, 2.24) is 19.5 Å². The Bertz CT molecular complexity index is 1350. The third-order valence-electron chi connectivity index (χ3n) is 4.62. The lowest BCUT2D eigenvalue weighted by Gasteiger charge is -2.13. The summed E-state index contributed by atoms with van der Waals surface area (Å²) in [7, 11) is 1.41. The van der Waals surface area contributed by atoms with E-state index in [0.29, 0.717) is 0 Å². The highest BCUT2D eigenvalue weighted by atomic mass is 19.4. The highest BCUT2D eigenvalue weighted by Gasteiger charge is 2.30. The first-order valence-corrected chi connectivity index (χ1v) is 9.00. The second-order valence-corrected chi connectivity index (χ2v) is 6.63. The molecule has 156 valence electrons. The van der Waals surface area contributed by atoms with Crippen LogP contribution in [0.3, 0.4) is 0 Å². The average Bonchev–Trinajstić information content (AvgIpc) is 2.76. The highest BCUT2D eigenvalue weighted by Crippen LogP contribution is 2.32. The molecule has 0 aliphatic heterocycles. The van der Waals surface area contributed by atoms with Gasteiger partial charge >= 0.3 is 6.18 Å². The van der Waals surface area contributed by atoms with Gasteiger partial charge in [0, 0.05) is 18.8 Å². The molecule has 10 heteroatoms. The van der Waals surface area contributed by atoms with Crippen molar-refractivity contribution in [1.29, 1.82) is 0 Å². The summed E-state index contributed by atoms with van der Waals surface area (Å²) in [6.07, 6.45) is -1.84. The van der Waals surface area contributed by atoms with Gasteiger partial charge in [0.15, 0.2) is 0 Å². The first-order valence-electron chi connectivity index (χ1n) is 9.00. The van der Waals surface area contributed by atoms with Crippen molar-refractivity contribution < 1.29 is 18.0 Å². The minimum Gasteiger partial charge on any atom is -0.306 e. The summed E-state index contributed by atoms with van der Waals surface area (Å²) in [5.74, 6) is -0.315. The number of benzene rings is 2. The van der Waals surface area contributed by atoms with Gasteiger partial charge in [0.05, 0.1) is 22.0 Å². The third-order valence-corrected chi connectivity index (χ3v) is 4.62. The maximum Gasteiger partial charge on any atom is 0.416 e. The smallest absolute Gasteiger partial charge is 0.306 e. The Morgan fingerprint density at radius 2 is 1.87 bits per heavy atom. The lowest BCUT2D eigenvalue weighted by atomic mass is 10.1. The van der Waals surface area contributed by atoms with E-state index in [4.69, 9.17) is 0 Å². The van der Waals surface area contributed by atoms with Crippen molar-refractivity contribution in [3.8, 4) is 11.4 Å². The predicted molar refractivity (Wildman–Crippen MR) is 107 cm³/mol. The van der Waals surface area contributed by atoms with Crippen LogP contribution in [0.2, 0.25) is 0 Å². The highest BCUT2D eigenvalue weighted by molar-refractivity contribution is 6.11. The second-order valence-electron chi connectivity index (χ2n) is 6.63. The summed E-state index contributed by atoms with van der Waals surface area (Å²) in [6, 6.07) is 10.5. The molecular weight excluding hydrogens is 411 g/mol. The molecule has 0 unspecified atom stereocenters. The number of anilines is 1. The first kappa shape index (κ1) is 20.2.